The number of benzene rings is 1. The van der Waals surface area contributed by atoms with Crippen molar-refractivity contribution < 1.29 is 13.2 Å². The number of fused-ring (bicyclic) bond motifs is 1. The summed E-state index contributed by atoms with van der Waals surface area (Å²) in [5, 5.41) is 0.440. The van der Waals surface area contributed by atoms with Gasteiger partial charge < -0.3 is 5.43 Å². The van der Waals surface area contributed by atoms with Gasteiger partial charge in [0.05, 0.1) is 21.2 Å². The number of nitrogen functional groups attached to an aromatic ring is 1. The maximum atomic E-state index is 12.7. The van der Waals surface area contributed by atoms with Crippen molar-refractivity contribution in [3.8, 4) is 0 Å². The molecule has 96 valence electrons. The first kappa shape index (κ1) is 13.2. The summed E-state index contributed by atoms with van der Waals surface area (Å²) in [4.78, 5) is 3.48. The van der Waals surface area contributed by atoms with Crippen LogP contribution in [-0.2, 0) is 6.18 Å². The van der Waals surface area contributed by atoms with Crippen LogP contribution >= 0.6 is 23.2 Å². The first-order chi connectivity index (χ1) is 8.34. The molecule has 0 saturated carbocycles. The summed E-state index contributed by atoms with van der Waals surface area (Å²) in [6.45, 7) is 0. The lowest BCUT2D eigenvalue weighted by Crippen LogP contribution is -2.12. The van der Waals surface area contributed by atoms with Crippen molar-refractivity contribution in [2.24, 2.45) is 5.84 Å². The molecule has 0 aliphatic heterocycles. The van der Waals surface area contributed by atoms with Gasteiger partial charge in [-0.1, -0.05) is 23.2 Å². The Morgan fingerprint density at radius 3 is 2.44 bits per heavy atom. The molecule has 0 saturated heterocycles. The standard InChI is InChI=1S/C10H6Cl2F3N3/c11-5-2-1-4-6(18-16)3-7(10(13,14)15)17-9(4)8(5)12/h1-3H,16H2,(H,17,18). The van der Waals surface area contributed by atoms with Gasteiger partial charge in [0, 0.05) is 5.39 Å². The number of halogens is 5. The summed E-state index contributed by atoms with van der Waals surface area (Å²) in [5.74, 6) is 5.20. The molecule has 0 amide bonds. The van der Waals surface area contributed by atoms with Crippen LogP contribution in [0.15, 0.2) is 18.2 Å². The topological polar surface area (TPSA) is 50.9 Å². The SMILES string of the molecule is NNc1cc(C(F)(F)F)nc2c(Cl)c(Cl)ccc12. The molecule has 0 aliphatic carbocycles. The third-order valence-corrected chi connectivity index (χ3v) is 3.11. The molecular formula is C10H6Cl2F3N3. The van der Waals surface area contributed by atoms with E-state index in [9.17, 15) is 13.2 Å². The highest BCUT2D eigenvalue weighted by molar-refractivity contribution is 6.45. The molecule has 0 fully saturated rings. The van der Waals surface area contributed by atoms with Crippen LogP contribution in [0.1, 0.15) is 5.69 Å². The third-order valence-electron chi connectivity index (χ3n) is 2.32. The molecule has 0 spiro atoms. The number of pyridine rings is 1. The van der Waals surface area contributed by atoms with Crippen LogP contribution in [0.25, 0.3) is 10.9 Å². The zero-order chi connectivity index (χ0) is 13.5. The van der Waals surface area contributed by atoms with E-state index < -0.39 is 11.9 Å². The number of alkyl halides is 3. The van der Waals surface area contributed by atoms with Gasteiger partial charge in [0.15, 0.2) is 0 Å². The second-order valence-electron chi connectivity index (χ2n) is 3.45. The van der Waals surface area contributed by atoms with Gasteiger partial charge in [-0.2, -0.15) is 13.2 Å². The van der Waals surface area contributed by atoms with Crippen LogP contribution in [0.4, 0.5) is 18.9 Å². The molecule has 1 aromatic carbocycles. The molecular weight excluding hydrogens is 290 g/mol. The summed E-state index contributed by atoms with van der Waals surface area (Å²) in [6.07, 6.45) is -4.59. The fraction of sp³-hybridized carbons (Fsp3) is 0.100. The van der Waals surface area contributed by atoms with E-state index in [0.717, 1.165) is 6.07 Å². The van der Waals surface area contributed by atoms with Crippen LogP contribution in [-0.4, -0.2) is 4.98 Å². The molecule has 8 heteroatoms. The molecule has 2 aromatic rings. The fourth-order valence-corrected chi connectivity index (χ4v) is 1.86. The van der Waals surface area contributed by atoms with E-state index in [1.807, 2.05) is 0 Å². The Morgan fingerprint density at radius 2 is 1.89 bits per heavy atom. The van der Waals surface area contributed by atoms with E-state index in [1.54, 1.807) is 0 Å². The average molecular weight is 296 g/mol. The molecule has 0 radical (unpaired) electrons. The minimum absolute atomic E-state index is 0.0447. The van der Waals surface area contributed by atoms with Crippen molar-refractivity contribution in [2.75, 3.05) is 5.43 Å². The number of rotatable bonds is 1. The van der Waals surface area contributed by atoms with Crippen LogP contribution in [0.5, 0.6) is 0 Å². The van der Waals surface area contributed by atoms with Gasteiger partial charge in [-0.15, -0.1) is 0 Å². The Hall–Kier alpha value is -1.24. The largest absolute Gasteiger partial charge is 0.433 e. The van der Waals surface area contributed by atoms with Crippen molar-refractivity contribution in [3.05, 3.63) is 33.9 Å². The lowest BCUT2D eigenvalue weighted by atomic mass is 10.1. The van der Waals surface area contributed by atoms with Gasteiger partial charge >= 0.3 is 6.18 Å². The number of nitrogens with one attached hydrogen (secondary N) is 1. The number of hydrogen-bond acceptors (Lipinski definition) is 3. The monoisotopic (exact) mass is 295 g/mol. The highest BCUT2D eigenvalue weighted by atomic mass is 35.5. The van der Waals surface area contributed by atoms with E-state index in [2.05, 4.69) is 10.4 Å². The predicted octanol–water partition coefficient (Wildman–Crippen LogP) is 3.85. The molecule has 2 rings (SSSR count). The molecule has 0 aliphatic rings. The smallest absolute Gasteiger partial charge is 0.323 e. The van der Waals surface area contributed by atoms with Gasteiger partial charge in [-0.25, -0.2) is 4.98 Å². The Kier molecular flexibility index (Phi) is 3.27. The highest BCUT2D eigenvalue weighted by Crippen LogP contribution is 2.37. The van der Waals surface area contributed by atoms with Gasteiger partial charge in [0.25, 0.3) is 0 Å². The number of nitrogens with zero attached hydrogens (tertiary/aromatic N) is 1. The Balaban J connectivity index is 2.85. The van der Waals surface area contributed by atoms with Crippen LogP contribution in [0.3, 0.4) is 0 Å². The summed E-state index contributed by atoms with van der Waals surface area (Å²) in [5.41, 5.74) is 1.12. The summed E-state index contributed by atoms with van der Waals surface area (Å²) < 4.78 is 38.0. The molecule has 0 atom stereocenters. The molecule has 3 nitrogen and oxygen atoms in total. The Labute approximate surface area is 110 Å². The number of hydrazine groups is 1. The van der Waals surface area contributed by atoms with Crippen LogP contribution in [0.2, 0.25) is 10.0 Å². The van der Waals surface area contributed by atoms with Crippen molar-refractivity contribution in [3.63, 3.8) is 0 Å². The number of hydrogen-bond donors (Lipinski definition) is 2. The minimum Gasteiger partial charge on any atom is -0.323 e. The van der Waals surface area contributed by atoms with Gasteiger partial charge in [0.1, 0.15) is 5.69 Å². The Morgan fingerprint density at radius 1 is 1.22 bits per heavy atom. The first-order valence-corrected chi connectivity index (χ1v) is 5.42. The zero-order valence-electron chi connectivity index (χ0n) is 8.65. The average Bonchev–Trinajstić information content (AvgIpc) is 2.31. The lowest BCUT2D eigenvalue weighted by molar-refractivity contribution is -0.140. The Bertz CT molecular complexity index is 613. The maximum absolute atomic E-state index is 12.7. The second-order valence-corrected chi connectivity index (χ2v) is 4.24. The second kappa shape index (κ2) is 4.46. The van der Waals surface area contributed by atoms with E-state index in [1.165, 1.54) is 12.1 Å². The fourth-order valence-electron chi connectivity index (χ4n) is 1.50. The normalized spacial score (nSPS) is 11.9. The van der Waals surface area contributed by atoms with Crippen molar-refractivity contribution in [2.45, 2.75) is 6.18 Å². The summed E-state index contributed by atoms with van der Waals surface area (Å²) in [6, 6.07) is 3.76. The molecule has 3 N–H and O–H groups in total. The number of aromatic nitrogens is 1. The van der Waals surface area contributed by atoms with Gasteiger partial charge in [0.2, 0.25) is 0 Å². The molecule has 0 bridgehead atoms. The minimum atomic E-state index is -4.59. The quantitative estimate of drug-likeness (QED) is 0.621. The molecule has 0 unspecified atom stereocenters. The van der Waals surface area contributed by atoms with Gasteiger partial charge in [-0.3, -0.25) is 5.84 Å². The third kappa shape index (κ3) is 2.19. The molecule has 1 aromatic heterocycles. The van der Waals surface area contributed by atoms with Crippen LogP contribution in [0, 0.1) is 0 Å². The number of nitrogens with two attached hydrogens (primary N) is 1. The summed E-state index contributed by atoms with van der Waals surface area (Å²) >= 11 is 11.6. The zero-order valence-corrected chi connectivity index (χ0v) is 10.2. The predicted molar refractivity (Wildman–Crippen MR) is 64.6 cm³/mol. The summed E-state index contributed by atoms with van der Waals surface area (Å²) in [7, 11) is 0. The highest BCUT2D eigenvalue weighted by Gasteiger charge is 2.33. The lowest BCUT2D eigenvalue weighted by Gasteiger charge is -2.12. The molecule has 18 heavy (non-hydrogen) atoms. The maximum Gasteiger partial charge on any atom is 0.433 e. The number of anilines is 1. The van der Waals surface area contributed by atoms with E-state index in [0.29, 0.717) is 5.39 Å². The van der Waals surface area contributed by atoms with Crippen molar-refractivity contribution in [1.82, 2.24) is 4.98 Å². The van der Waals surface area contributed by atoms with Crippen molar-refractivity contribution in [1.29, 1.82) is 0 Å². The molecule has 1 heterocycles. The van der Waals surface area contributed by atoms with E-state index in [-0.39, 0.29) is 21.2 Å². The first-order valence-electron chi connectivity index (χ1n) is 4.67. The van der Waals surface area contributed by atoms with E-state index >= 15 is 0 Å². The van der Waals surface area contributed by atoms with Crippen LogP contribution < -0.4 is 11.3 Å². The van der Waals surface area contributed by atoms with Crippen molar-refractivity contribution >= 4 is 39.8 Å². The van der Waals surface area contributed by atoms with Gasteiger partial charge in [-0.05, 0) is 18.2 Å². The van der Waals surface area contributed by atoms with E-state index in [4.69, 9.17) is 29.0 Å².